The van der Waals surface area contributed by atoms with Crippen LogP contribution in [0.5, 0.6) is 0 Å². The van der Waals surface area contributed by atoms with Crippen LogP contribution in [0, 0.1) is 0 Å². The second kappa shape index (κ2) is 8.52. The molecule has 0 aliphatic heterocycles. The largest absolute Gasteiger partial charge is 0.330 e. The van der Waals surface area contributed by atoms with E-state index in [1.807, 2.05) is 0 Å². The lowest BCUT2D eigenvalue weighted by Crippen LogP contribution is -2.33. The molecule has 0 atom stereocenters. The van der Waals surface area contributed by atoms with Gasteiger partial charge in [0.15, 0.2) is 0 Å². The highest BCUT2D eigenvalue weighted by molar-refractivity contribution is 4.67. The second-order valence-electron chi connectivity index (χ2n) is 3.85. The monoisotopic (exact) mass is 186 g/mol. The van der Waals surface area contributed by atoms with Gasteiger partial charge in [-0.3, -0.25) is 0 Å². The smallest absolute Gasteiger partial charge is 0.00920 e. The van der Waals surface area contributed by atoms with E-state index in [4.69, 9.17) is 5.73 Å². The molecular formula is C11H26N2. The van der Waals surface area contributed by atoms with Gasteiger partial charge in [0.25, 0.3) is 0 Å². The van der Waals surface area contributed by atoms with Crippen molar-refractivity contribution >= 4 is 0 Å². The lowest BCUT2D eigenvalue weighted by molar-refractivity contribution is 0.215. The maximum absolute atomic E-state index is 5.50. The first-order valence-electron chi connectivity index (χ1n) is 5.66. The quantitative estimate of drug-likeness (QED) is 0.630. The molecule has 0 heterocycles. The SMILES string of the molecule is CCCC(CCC)N(C)CCCN. The molecule has 0 saturated heterocycles. The molecule has 0 saturated carbocycles. The predicted molar refractivity (Wildman–Crippen MR) is 59.9 cm³/mol. The summed E-state index contributed by atoms with van der Waals surface area (Å²) in [6, 6.07) is 0.779. The summed E-state index contributed by atoms with van der Waals surface area (Å²) in [6.45, 7) is 6.50. The minimum absolute atomic E-state index is 0.779. The van der Waals surface area contributed by atoms with Crippen LogP contribution < -0.4 is 5.73 Å². The molecule has 0 aromatic rings. The fourth-order valence-electron chi connectivity index (χ4n) is 1.77. The Morgan fingerprint density at radius 1 is 1.15 bits per heavy atom. The Hall–Kier alpha value is -0.0800. The lowest BCUT2D eigenvalue weighted by atomic mass is 10.1. The Balaban J connectivity index is 3.72. The van der Waals surface area contributed by atoms with Gasteiger partial charge >= 0.3 is 0 Å². The molecule has 0 rings (SSSR count). The van der Waals surface area contributed by atoms with E-state index in [-0.39, 0.29) is 0 Å². The van der Waals surface area contributed by atoms with Crippen molar-refractivity contribution in [2.75, 3.05) is 20.1 Å². The van der Waals surface area contributed by atoms with E-state index in [1.54, 1.807) is 0 Å². The zero-order chi connectivity index (χ0) is 10.1. The fraction of sp³-hybridized carbons (Fsp3) is 1.00. The molecule has 0 aromatic heterocycles. The normalized spacial score (nSPS) is 11.5. The van der Waals surface area contributed by atoms with E-state index in [9.17, 15) is 0 Å². The van der Waals surface area contributed by atoms with Gasteiger partial charge in [0, 0.05) is 6.04 Å². The molecule has 0 unspecified atom stereocenters. The van der Waals surface area contributed by atoms with Crippen molar-refractivity contribution in [2.24, 2.45) is 5.73 Å². The van der Waals surface area contributed by atoms with E-state index < -0.39 is 0 Å². The van der Waals surface area contributed by atoms with E-state index >= 15 is 0 Å². The van der Waals surface area contributed by atoms with Crippen molar-refractivity contribution < 1.29 is 0 Å². The molecular weight excluding hydrogens is 160 g/mol. The highest BCUT2D eigenvalue weighted by Gasteiger charge is 2.11. The van der Waals surface area contributed by atoms with Gasteiger partial charge in [0.05, 0.1) is 0 Å². The van der Waals surface area contributed by atoms with Crippen LogP contribution in [0.25, 0.3) is 0 Å². The number of nitrogens with zero attached hydrogens (tertiary/aromatic N) is 1. The minimum Gasteiger partial charge on any atom is -0.330 e. The van der Waals surface area contributed by atoms with Crippen molar-refractivity contribution in [3.8, 4) is 0 Å². The maximum Gasteiger partial charge on any atom is 0.00920 e. The average molecular weight is 186 g/mol. The van der Waals surface area contributed by atoms with Crippen molar-refractivity contribution in [3.63, 3.8) is 0 Å². The fourth-order valence-corrected chi connectivity index (χ4v) is 1.77. The van der Waals surface area contributed by atoms with Gasteiger partial charge in [0.1, 0.15) is 0 Å². The van der Waals surface area contributed by atoms with Gasteiger partial charge in [-0.25, -0.2) is 0 Å². The molecule has 0 aromatic carbocycles. The first kappa shape index (κ1) is 12.9. The molecule has 0 bridgehead atoms. The van der Waals surface area contributed by atoms with Gasteiger partial charge in [0.2, 0.25) is 0 Å². The maximum atomic E-state index is 5.50. The summed E-state index contributed by atoms with van der Waals surface area (Å²) in [6.07, 6.45) is 6.36. The Bertz CT molecular complexity index is 98.3. The van der Waals surface area contributed by atoms with Crippen LogP contribution >= 0.6 is 0 Å². The number of hydrogen-bond donors (Lipinski definition) is 1. The number of rotatable bonds is 8. The summed E-state index contributed by atoms with van der Waals surface area (Å²) < 4.78 is 0. The highest BCUT2D eigenvalue weighted by atomic mass is 15.1. The molecule has 0 fully saturated rings. The average Bonchev–Trinajstić information content (AvgIpc) is 2.14. The molecule has 0 aliphatic carbocycles. The van der Waals surface area contributed by atoms with Crippen LogP contribution in [0.1, 0.15) is 46.0 Å². The molecule has 2 nitrogen and oxygen atoms in total. The zero-order valence-corrected chi connectivity index (χ0v) is 9.55. The van der Waals surface area contributed by atoms with E-state index in [0.717, 1.165) is 25.6 Å². The van der Waals surface area contributed by atoms with Crippen LogP contribution in [0.4, 0.5) is 0 Å². The van der Waals surface area contributed by atoms with Gasteiger partial charge in [-0.1, -0.05) is 26.7 Å². The second-order valence-corrected chi connectivity index (χ2v) is 3.85. The Kier molecular flexibility index (Phi) is 8.46. The van der Waals surface area contributed by atoms with E-state index in [2.05, 4.69) is 25.8 Å². The molecule has 13 heavy (non-hydrogen) atoms. The van der Waals surface area contributed by atoms with E-state index in [0.29, 0.717) is 0 Å². The Morgan fingerprint density at radius 3 is 2.08 bits per heavy atom. The molecule has 0 spiro atoms. The van der Waals surface area contributed by atoms with Gasteiger partial charge < -0.3 is 10.6 Å². The van der Waals surface area contributed by atoms with Gasteiger partial charge in [-0.05, 0) is 39.4 Å². The topological polar surface area (TPSA) is 29.3 Å². The third kappa shape index (κ3) is 6.05. The standard InChI is InChI=1S/C11H26N2/c1-4-7-11(8-5-2)13(3)10-6-9-12/h11H,4-10,12H2,1-3H3. The first-order chi connectivity index (χ1) is 6.26. The number of hydrogen-bond acceptors (Lipinski definition) is 2. The highest BCUT2D eigenvalue weighted by Crippen LogP contribution is 2.11. The molecule has 80 valence electrons. The van der Waals surface area contributed by atoms with Crippen molar-refractivity contribution in [1.29, 1.82) is 0 Å². The van der Waals surface area contributed by atoms with Gasteiger partial charge in [-0.2, -0.15) is 0 Å². The Morgan fingerprint density at radius 2 is 1.69 bits per heavy atom. The summed E-state index contributed by atoms with van der Waals surface area (Å²) in [7, 11) is 2.23. The van der Waals surface area contributed by atoms with Crippen molar-refractivity contribution in [3.05, 3.63) is 0 Å². The van der Waals surface area contributed by atoms with Crippen molar-refractivity contribution in [1.82, 2.24) is 4.90 Å². The van der Waals surface area contributed by atoms with E-state index in [1.165, 1.54) is 25.7 Å². The Labute approximate surface area is 83.5 Å². The summed E-state index contributed by atoms with van der Waals surface area (Å²) in [5.41, 5.74) is 5.50. The van der Waals surface area contributed by atoms with Crippen LogP contribution in [-0.4, -0.2) is 31.1 Å². The molecule has 0 aliphatic rings. The molecule has 0 amide bonds. The van der Waals surface area contributed by atoms with Crippen LogP contribution in [0.2, 0.25) is 0 Å². The minimum atomic E-state index is 0.779. The summed E-state index contributed by atoms with van der Waals surface area (Å²) in [5.74, 6) is 0. The van der Waals surface area contributed by atoms with Crippen molar-refractivity contribution in [2.45, 2.75) is 52.0 Å². The predicted octanol–water partition coefficient (Wildman–Crippen LogP) is 2.24. The molecule has 2 N–H and O–H groups in total. The summed E-state index contributed by atoms with van der Waals surface area (Å²) in [5, 5.41) is 0. The number of nitrogens with two attached hydrogens (primary N) is 1. The molecule has 2 heteroatoms. The van der Waals surface area contributed by atoms with Gasteiger partial charge in [-0.15, -0.1) is 0 Å². The third-order valence-corrected chi connectivity index (χ3v) is 2.58. The molecule has 0 radical (unpaired) electrons. The third-order valence-electron chi connectivity index (χ3n) is 2.58. The zero-order valence-electron chi connectivity index (χ0n) is 9.55. The first-order valence-corrected chi connectivity index (χ1v) is 5.66. The summed E-state index contributed by atoms with van der Waals surface area (Å²) >= 11 is 0. The van der Waals surface area contributed by atoms with Crippen LogP contribution in [-0.2, 0) is 0 Å². The van der Waals surface area contributed by atoms with Crippen LogP contribution in [0.15, 0.2) is 0 Å². The summed E-state index contributed by atoms with van der Waals surface area (Å²) in [4.78, 5) is 2.47. The lowest BCUT2D eigenvalue weighted by Gasteiger charge is -2.27. The van der Waals surface area contributed by atoms with Crippen LogP contribution in [0.3, 0.4) is 0 Å².